The predicted octanol–water partition coefficient (Wildman–Crippen LogP) is 6.36. The summed E-state index contributed by atoms with van der Waals surface area (Å²) >= 11 is 5.98. The molecule has 8 heteroatoms. The molecule has 33 heavy (non-hydrogen) atoms. The minimum atomic E-state index is -4.52. The largest absolute Gasteiger partial charge is 0.418 e. The van der Waals surface area contributed by atoms with Crippen molar-refractivity contribution in [2.24, 2.45) is 5.92 Å². The molecule has 1 heterocycles. The molecule has 2 fully saturated rings. The Kier molecular flexibility index (Phi) is 7.49. The topological polar surface area (TPSA) is 44.4 Å². The van der Waals surface area contributed by atoms with Crippen LogP contribution in [0.4, 0.5) is 23.7 Å². The Morgan fingerprint density at radius 2 is 1.70 bits per heavy atom. The number of carbonyl (C=O) groups is 1. The van der Waals surface area contributed by atoms with Gasteiger partial charge >= 0.3 is 12.2 Å². The minimum absolute atomic E-state index is 0.0594. The first-order chi connectivity index (χ1) is 15.8. The summed E-state index contributed by atoms with van der Waals surface area (Å²) in [4.78, 5) is 15.0. The summed E-state index contributed by atoms with van der Waals surface area (Å²) in [5.74, 6) is 0.623. The van der Waals surface area contributed by atoms with Crippen molar-refractivity contribution in [3.05, 3.63) is 64.7 Å². The molecule has 0 spiro atoms. The van der Waals surface area contributed by atoms with E-state index in [1.54, 1.807) is 0 Å². The number of alkyl halides is 3. The lowest BCUT2D eigenvalue weighted by Crippen LogP contribution is -2.52. The lowest BCUT2D eigenvalue weighted by atomic mass is 9.89. The van der Waals surface area contributed by atoms with Gasteiger partial charge in [-0.15, -0.1) is 0 Å². The summed E-state index contributed by atoms with van der Waals surface area (Å²) in [7, 11) is 0. The SMILES string of the molecule is O=C(Nc1ccccc1C(F)(F)F)N[C@@H]1CCC[C@H]1N1CCC(Cc2ccc(Cl)cc2)CC1. The van der Waals surface area contributed by atoms with E-state index >= 15 is 0 Å². The number of nitrogens with zero attached hydrogens (tertiary/aromatic N) is 1. The molecule has 2 aromatic rings. The van der Waals surface area contributed by atoms with E-state index in [2.05, 4.69) is 27.7 Å². The second-order valence-corrected chi connectivity index (χ2v) is 9.49. The van der Waals surface area contributed by atoms with Gasteiger partial charge in [-0.2, -0.15) is 13.2 Å². The second kappa shape index (κ2) is 10.3. The third-order valence-corrected chi connectivity index (χ3v) is 7.08. The van der Waals surface area contributed by atoms with Gasteiger partial charge in [-0.3, -0.25) is 4.90 Å². The number of piperidine rings is 1. The summed E-state index contributed by atoms with van der Waals surface area (Å²) in [6, 6.07) is 12.7. The Bertz CT molecular complexity index is 943. The number of likely N-dealkylation sites (tertiary alicyclic amines) is 1. The zero-order chi connectivity index (χ0) is 23.4. The van der Waals surface area contributed by atoms with Gasteiger partial charge in [-0.25, -0.2) is 4.79 Å². The Morgan fingerprint density at radius 3 is 2.39 bits per heavy atom. The van der Waals surface area contributed by atoms with Crippen molar-refractivity contribution >= 4 is 23.3 Å². The van der Waals surface area contributed by atoms with Crippen LogP contribution in [0.1, 0.15) is 43.2 Å². The predicted molar refractivity (Wildman–Crippen MR) is 124 cm³/mol. The normalized spacial score (nSPS) is 22.3. The van der Waals surface area contributed by atoms with Gasteiger partial charge in [0.15, 0.2) is 0 Å². The Balaban J connectivity index is 1.30. The van der Waals surface area contributed by atoms with Gasteiger partial charge in [-0.05, 0) is 87.4 Å². The van der Waals surface area contributed by atoms with E-state index in [9.17, 15) is 18.0 Å². The molecule has 1 aliphatic heterocycles. The van der Waals surface area contributed by atoms with E-state index in [0.717, 1.165) is 62.7 Å². The van der Waals surface area contributed by atoms with Crippen LogP contribution in [0.25, 0.3) is 0 Å². The van der Waals surface area contributed by atoms with Crippen LogP contribution >= 0.6 is 11.6 Å². The van der Waals surface area contributed by atoms with Crippen molar-refractivity contribution in [1.29, 1.82) is 0 Å². The molecule has 0 unspecified atom stereocenters. The van der Waals surface area contributed by atoms with Gasteiger partial charge in [0.05, 0.1) is 11.3 Å². The highest BCUT2D eigenvalue weighted by atomic mass is 35.5. The quantitative estimate of drug-likeness (QED) is 0.524. The lowest BCUT2D eigenvalue weighted by molar-refractivity contribution is -0.136. The van der Waals surface area contributed by atoms with Gasteiger partial charge in [-0.1, -0.05) is 35.9 Å². The van der Waals surface area contributed by atoms with Gasteiger partial charge in [0.25, 0.3) is 0 Å². The average Bonchev–Trinajstić information content (AvgIpc) is 3.23. The molecule has 0 aromatic heterocycles. The maximum Gasteiger partial charge on any atom is 0.418 e. The first kappa shape index (κ1) is 23.9. The smallest absolute Gasteiger partial charge is 0.334 e. The number of hydrogen-bond acceptors (Lipinski definition) is 2. The number of benzene rings is 2. The molecule has 2 N–H and O–H groups in total. The third-order valence-electron chi connectivity index (χ3n) is 6.83. The molecule has 2 atom stereocenters. The molecular weight excluding hydrogens is 451 g/mol. The molecule has 0 radical (unpaired) electrons. The van der Waals surface area contributed by atoms with E-state index in [0.29, 0.717) is 5.92 Å². The van der Waals surface area contributed by atoms with Gasteiger partial charge < -0.3 is 10.6 Å². The molecule has 1 saturated heterocycles. The number of hydrogen-bond donors (Lipinski definition) is 2. The number of para-hydroxylation sites is 1. The van der Waals surface area contributed by atoms with E-state index in [4.69, 9.17) is 11.6 Å². The number of carbonyl (C=O) groups excluding carboxylic acids is 1. The summed E-state index contributed by atoms with van der Waals surface area (Å²) in [5.41, 5.74) is 0.236. The summed E-state index contributed by atoms with van der Waals surface area (Å²) in [6.07, 6.45) is 1.54. The molecule has 0 bridgehead atoms. The maximum atomic E-state index is 13.2. The number of halogens is 4. The van der Waals surface area contributed by atoms with E-state index in [-0.39, 0.29) is 17.8 Å². The number of rotatable bonds is 5. The molecule has 1 aliphatic carbocycles. The fraction of sp³-hybridized carbons (Fsp3) is 0.480. The Morgan fingerprint density at radius 1 is 1.00 bits per heavy atom. The first-order valence-corrected chi connectivity index (χ1v) is 11.9. The van der Waals surface area contributed by atoms with Crippen molar-refractivity contribution in [2.45, 2.75) is 56.8 Å². The van der Waals surface area contributed by atoms with E-state index in [1.807, 2.05) is 12.1 Å². The van der Waals surface area contributed by atoms with Crippen molar-refractivity contribution in [3.8, 4) is 0 Å². The van der Waals surface area contributed by atoms with E-state index < -0.39 is 17.8 Å². The minimum Gasteiger partial charge on any atom is -0.334 e. The molecule has 4 nitrogen and oxygen atoms in total. The van der Waals surface area contributed by atoms with Gasteiger partial charge in [0.1, 0.15) is 0 Å². The molecular formula is C25H29ClF3N3O. The number of anilines is 1. The summed E-state index contributed by atoms with van der Waals surface area (Å²) in [5, 5.41) is 6.10. The van der Waals surface area contributed by atoms with Crippen LogP contribution in [0.15, 0.2) is 48.5 Å². The van der Waals surface area contributed by atoms with Crippen molar-refractivity contribution in [3.63, 3.8) is 0 Å². The average molecular weight is 480 g/mol. The highest BCUT2D eigenvalue weighted by molar-refractivity contribution is 6.30. The lowest BCUT2D eigenvalue weighted by Gasteiger charge is -2.38. The van der Waals surface area contributed by atoms with Crippen LogP contribution in [0.5, 0.6) is 0 Å². The number of nitrogens with one attached hydrogen (secondary N) is 2. The van der Waals surface area contributed by atoms with Crippen molar-refractivity contribution < 1.29 is 18.0 Å². The molecule has 4 rings (SSSR count). The van der Waals surface area contributed by atoms with Crippen molar-refractivity contribution in [2.75, 3.05) is 18.4 Å². The highest BCUT2D eigenvalue weighted by Gasteiger charge is 2.36. The molecule has 1 saturated carbocycles. The Hall–Kier alpha value is -2.25. The fourth-order valence-electron chi connectivity index (χ4n) is 5.15. The van der Waals surface area contributed by atoms with Gasteiger partial charge in [0, 0.05) is 17.1 Å². The molecule has 2 aliphatic rings. The van der Waals surface area contributed by atoms with Crippen LogP contribution in [0.2, 0.25) is 5.02 Å². The molecule has 2 amide bonds. The van der Waals surface area contributed by atoms with Crippen LogP contribution in [0, 0.1) is 5.92 Å². The van der Waals surface area contributed by atoms with Crippen LogP contribution in [-0.2, 0) is 12.6 Å². The monoisotopic (exact) mass is 479 g/mol. The highest BCUT2D eigenvalue weighted by Crippen LogP contribution is 2.35. The van der Waals surface area contributed by atoms with E-state index in [1.165, 1.54) is 23.8 Å². The first-order valence-electron chi connectivity index (χ1n) is 11.5. The molecule has 178 valence electrons. The third kappa shape index (κ3) is 6.21. The number of urea groups is 1. The molecule has 2 aromatic carbocycles. The zero-order valence-corrected chi connectivity index (χ0v) is 19.1. The second-order valence-electron chi connectivity index (χ2n) is 9.06. The van der Waals surface area contributed by atoms with Crippen LogP contribution < -0.4 is 10.6 Å². The van der Waals surface area contributed by atoms with Crippen molar-refractivity contribution in [1.82, 2.24) is 10.2 Å². The maximum absolute atomic E-state index is 13.2. The summed E-state index contributed by atoms with van der Waals surface area (Å²) in [6.45, 7) is 1.94. The van der Waals surface area contributed by atoms with Crippen LogP contribution in [0.3, 0.4) is 0 Å². The zero-order valence-electron chi connectivity index (χ0n) is 18.4. The Labute approximate surface area is 197 Å². The number of amides is 2. The summed E-state index contributed by atoms with van der Waals surface area (Å²) < 4.78 is 39.6. The fourth-order valence-corrected chi connectivity index (χ4v) is 5.28. The standard InChI is InChI=1S/C25H29ClF3N3O/c26-19-10-8-17(9-11-19)16-18-12-14-32(15-13-18)23-7-3-6-22(23)31-24(33)30-21-5-2-1-4-20(21)25(27,28)29/h1-2,4-5,8-11,18,22-23H,3,6-7,12-16H2,(H2,30,31,33)/t22-,23-/m1/s1. The van der Waals surface area contributed by atoms with Crippen LogP contribution in [-0.4, -0.2) is 36.1 Å². The van der Waals surface area contributed by atoms with Gasteiger partial charge in [0.2, 0.25) is 0 Å².